The highest BCUT2D eigenvalue weighted by atomic mass is 16.2. The Hall–Kier alpha value is -1.10. The summed E-state index contributed by atoms with van der Waals surface area (Å²) in [5.74, 6) is 1.22. The fraction of sp³-hybridized carbons (Fsp3) is 0.913. The van der Waals surface area contributed by atoms with Crippen LogP contribution in [-0.4, -0.2) is 42.4 Å². The SMILES string of the molecule is NCCCCCCCNC(=O)CC1CCCN1C(=O)CCCC1CCCCC1. The molecule has 1 saturated carbocycles. The summed E-state index contributed by atoms with van der Waals surface area (Å²) in [5.41, 5.74) is 5.50. The van der Waals surface area contributed by atoms with Gasteiger partial charge in [-0.25, -0.2) is 0 Å². The first-order valence-corrected chi connectivity index (χ1v) is 12.0. The van der Waals surface area contributed by atoms with Gasteiger partial charge in [0.1, 0.15) is 0 Å². The zero-order chi connectivity index (χ0) is 20.0. The van der Waals surface area contributed by atoms with E-state index in [0.29, 0.717) is 12.8 Å². The molecule has 0 radical (unpaired) electrons. The Morgan fingerprint density at radius 1 is 0.893 bits per heavy atom. The molecular weight excluding hydrogens is 350 g/mol. The molecule has 3 N–H and O–H groups in total. The second-order valence-corrected chi connectivity index (χ2v) is 8.89. The second-order valence-electron chi connectivity index (χ2n) is 8.89. The highest BCUT2D eigenvalue weighted by molar-refractivity contribution is 5.80. The molecule has 0 spiro atoms. The molecule has 1 unspecified atom stereocenters. The molecule has 0 aromatic carbocycles. The normalized spacial score (nSPS) is 20.5. The van der Waals surface area contributed by atoms with Crippen molar-refractivity contribution in [2.75, 3.05) is 19.6 Å². The van der Waals surface area contributed by atoms with E-state index in [4.69, 9.17) is 5.73 Å². The van der Waals surface area contributed by atoms with Crippen molar-refractivity contribution in [3.8, 4) is 0 Å². The average Bonchev–Trinajstić information content (AvgIpc) is 3.16. The number of likely N-dealkylation sites (tertiary alicyclic amines) is 1. The third-order valence-electron chi connectivity index (χ3n) is 6.55. The molecule has 1 saturated heterocycles. The van der Waals surface area contributed by atoms with Crippen molar-refractivity contribution in [1.29, 1.82) is 0 Å². The molecule has 2 fully saturated rings. The molecular formula is C23H43N3O2. The van der Waals surface area contributed by atoms with Crippen molar-refractivity contribution in [1.82, 2.24) is 10.2 Å². The molecule has 5 heteroatoms. The third-order valence-corrected chi connectivity index (χ3v) is 6.55. The molecule has 2 rings (SSSR count). The van der Waals surface area contributed by atoms with Crippen LogP contribution in [0.25, 0.3) is 0 Å². The number of carbonyl (C=O) groups excluding carboxylic acids is 2. The molecule has 1 heterocycles. The predicted molar refractivity (Wildman–Crippen MR) is 115 cm³/mol. The fourth-order valence-electron chi connectivity index (χ4n) is 4.85. The maximum atomic E-state index is 12.6. The van der Waals surface area contributed by atoms with Crippen molar-refractivity contribution in [3.05, 3.63) is 0 Å². The minimum absolute atomic E-state index is 0.105. The van der Waals surface area contributed by atoms with Crippen LogP contribution >= 0.6 is 0 Å². The van der Waals surface area contributed by atoms with Crippen LogP contribution in [0.4, 0.5) is 0 Å². The first-order chi connectivity index (χ1) is 13.7. The standard InChI is InChI=1S/C23H43N3O2/c24-16-7-2-1-3-8-17-25-22(27)19-21-14-10-18-26(21)23(28)15-9-13-20-11-5-4-6-12-20/h20-21H,1-19,24H2,(H,25,27). The number of rotatable bonds is 13. The summed E-state index contributed by atoms with van der Waals surface area (Å²) >= 11 is 0. The molecule has 0 aromatic heterocycles. The Morgan fingerprint density at radius 3 is 2.43 bits per heavy atom. The number of nitrogens with two attached hydrogens (primary N) is 1. The molecule has 5 nitrogen and oxygen atoms in total. The van der Waals surface area contributed by atoms with Crippen molar-refractivity contribution < 1.29 is 9.59 Å². The highest BCUT2D eigenvalue weighted by Gasteiger charge is 2.30. The van der Waals surface area contributed by atoms with Gasteiger partial charge in [0.05, 0.1) is 0 Å². The summed E-state index contributed by atoms with van der Waals surface area (Å²) in [4.78, 5) is 26.9. The molecule has 0 bridgehead atoms. The van der Waals surface area contributed by atoms with E-state index in [1.165, 1.54) is 51.4 Å². The van der Waals surface area contributed by atoms with Crippen LogP contribution in [0, 0.1) is 5.92 Å². The lowest BCUT2D eigenvalue weighted by atomic mass is 9.86. The van der Waals surface area contributed by atoms with E-state index in [-0.39, 0.29) is 17.9 Å². The molecule has 1 atom stereocenters. The van der Waals surface area contributed by atoms with Crippen molar-refractivity contribution in [2.45, 2.75) is 109 Å². The van der Waals surface area contributed by atoms with Crippen molar-refractivity contribution in [3.63, 3.8) is 0 Å². The summed E-state index contributed by atoms with van der Waals surface area (Å²) < 4.78 is 0. The zero-order valence-electron chi connectivity index (χ0n) is 17.9. The monoisotopic (exact) mass is 393 g/mol. The topological polar surface area (TPSA) is 75.4 Å². The van der Waals surface area contributed by atoms with E-state index >= 15 is 0 Å². The lowest BCUT2D eigenvalue weighted by molar-refractivity contribution is -0.133. The van der Waals surface area contributed by atoms with E-state index in [2.05, 4.69) is 5.32 Å². The number of nitrogens with one attached hydrogen (secondary N) is 1. The van der Waals surface area contributed by atoms with Gasteiger partial charge in [-0.15, -0.1) is 0 Å². The van der Waals surface area contributed by atoms with Crippen LogP contribution in [0.2, 0.25) is 0 Å². The summed E-state index contributed by atoms with van der Waals surface area (Å²) in [6.45, 7) is 2.36. The minimum atomic E-state index is 0.105. The van der Waals surface area contributed by atoms with E-state index < -0.39 is 0 Å². The Bertz CT molecular complexity index is 449. The van der Waals surface area contributed by atoms with E-state index in [1.54, 1.807) is 0 Å². The quantitative estimate of drug-likeness (QED) is 0.462. The summed E-state index contributed by atoms with van der Waals surface area (Å²) in [6.07, 6.45) is 17.9. The van der Waals surface area contributed by atoms with Crippen LogP contribution in [0.5, 0.6) is 0 Å². The molecule has 28 heavy (non-hydrogen) atoms. The van der Waals surface area contributed by atoms with Gasteiger partial charge >= 0.3 is 0 Å². The van der Waals surface area contributed by atoms with Gasteiger partial charge in [0, 0.05) is 32.0 Å². The molecule has 2 aliphatic rings. The Kier molecular flexibility index (Phi) is 11.6. The third kappa shape index (κ3) is 8.93. The van der Waals surface area contributed by atoms with Gasteiger partial charge in [0.25, 0.3) is 0 Å². The predicted octanol–water partition coefficient (Wildman–Crippen LogP) is 4.14. The second kappa shape index (κ2) is 14.0. The first-order valence-electron chi connectivity index (χ1n) is 12.0. The minimum Gasteiger partial charge on any atom is -0.356 e. The molecule has 2 amide bonds. The van der Waals surface area contributed by atoms with Crippen LogP contribution < -0.4 is 11.1 Å². The van der Waals surface area contributed by atoms with Crippen LogP contribution in [-0.2, 0) is 9.59 Å². The number of amides is 2. The smallest absolute Gasteiger partial charge is 0.222 e. The first kappa shape index (κ1) is 23.2. The van der Waals surface area contributed by atoms with Crippen molar-refractivity contribution >= 4 is 11.8 Å². The zero-order valence-corrected chi connectivity index (χ0v) is 17.9. The molecule has 1 aliphatic carbocycles. The van der Waals surface area contributed by atoms with Crippen LogP contribution in [0.1, 0.15) is 103 Å². The number of nitrogens with zero attached hydrogens (tertiary/aromatic N) is 1. The number of hydrogen-bond donors (Lipinski definition) is 2. The number of unbranched alkanes of at least 4 members (excludes halogenated alkanes) is 4. The van der Waals surface area contributed by atoms with E-state index in [1.807, 2.05) is 4.90 Å². The van der Waals surface area contributed by atoms with E-state index in [0.717, 1.165) is 64.1 Å². The van der Waals surface area contributed by atoms with E-state index in [9.17, 15) is 9.59 Å². The Morgan fingerprint density at radius 2 is 1.64 bits per heavy atom. The molecule has 162 valence electrons. The lowest BCUT2D eigenvalue weighted by Crippen LogP contribution is -2.39. The fourth-order valence-corrected chi connectivity index (χ4v) is 4.85. The average molecular weight is 394 g/mol. The Labute approximate surface area is 172 Å². The van der Waals surface area contributed by atoms with Gasteiger partial charge in [-0.2, -0.15) is 0 Å². The van der Waals surface area contributed by atoms with Gasteiger partial charge in [0.15, 0.2) is 0 Å². The maximum absolute atomic E-state index is 12.6. The molecule has 1 aliphatic heterocycles. The largest absolute Gasteiger partial charge is 0.356 e. The van der Waals surface area contributed by atoms with Gasteiger partial charge in [0.2, 0.25) is 11.8 Å². The van der Waals surface area contributed by atoms with Crippen LogP contribution in [0.3, 0.4) is 0 Å². The van der Waals surface area contributed by atoms with Gasteiger partial charge in [-0.3, -0.25) is 9.59 Å². The number of hydrogen-bond acceptors (Lipinski definition) is 3. The highest BCUT2D eigenvalue weighted by Crippen LogP contribution is 2.28. The maximum Gasteiger partial charge on any atom is 0.222 e. The van der Waals surface area contributed by atoms with Crippen molar-refractivity contribution in [2.24, 2.45) is 11.7 Å². The number of carbonyl (C=O) groups is 2. The van der Waals surface area contributed by atoms with Gasteiger partial charge in [-0.1, -0.05) is 51.4 Å². The molecule has 0 aromatic rings. The van der Waals surface area contributed by atoms with Crippen LogP contribution in [0.15, 0.2) is 0 Å². The lowest BCUT2D eigenvalue weighted by Gasteiger charge is -2.25. The Balaban J connectivity index is 1.57. The summed E-state index contributed by atoms with van der Waals surface area (Å²) in [5, 5.41) is 3.04. The summed E-state index contributed by atoms with van der Waals surface area (Å²) in [6, 6.07) is 0.117. The van der Waals surface area contributed by atoms with Gasteiger partial charge in [-0.05, 0) is 51.0 Å². The summed E-state index contributed by atoms with van der Waals surface area (Å²) in [7, 11) is 0. The van der Waals surface area contributed by atoms with Gasteiger partial charge < -0.3 is 16.0 Å².